The molecular formula is C7H7ClF3N3. The van der Waals surface area contributed by atoms with Crippen LogP contribution in [0.5, 0.6) is 0 Å². The summed E-state index contributed by atoms with van der Waals surface area (Å²) in [7, 11) is 0. The van der Waals surface area contributed by atoms with E-state index in [1.54, 1.807) is 6.92 Å². The minimum atomic E-state index is -4.50. The van der Waals surface area contributed by atoms with Gasteiger partial charge in [0.1, 0.15) is 5.82 Å². The van der Waals surface area contributed by atoms with Gasteiger partial charge in [0.25, 0.3) is 0 Å². The van der Waals surface area contributed by atoms with Crippen LogP contribution in [0, 0.1) is 0 Å². The Morgan fingerprint density at radius 2 is 2.07 bits per heavy atom. The molecule has 1 aromatic rings. The predicted octanol–water partition coefficient (Wildman–Crippen LogP) is 2.58. The van der Waals surface area contributed by atoms with Crippen LogP contribution in [0.1, 0.15) is 12.6 Å². The van der Waals surface area contributed by atoms with Crippen molar-refractivity contribution >= 4 is 17.4 Å². The van der Waals surface area contributed by atoms with E-state index in [0.717, 1.165) is 6.07 Å². The Morgan fingerprint density at radius 1 is 1.43 bits per heavy atom. The number of nitrogens with zero attached hydrogens (tertiary/aromatic N) is 2. The topological polar surface area (TPSA) is 37.8 Å². The van der Waals surface area contributed by atoms with Gasteiger partial charge in [-0.25, -0.2) is 9.97 Å². The first-order chi connectivity index (χ1) is 6.43. The smallest absolute Gasteiger partial charge is 0.370 e. The Balaban J connectivity index is 3.07. The van der Waals surface area contributed by atoms with Crippen LogP contribution < -0.4 is 5.32 Å². The molecule has 0 atom stereocenters. The average Bonchev–Trinajstić information content (AvgIpc) is 2.02. The molecule has 1 N–H and O–H groups in total. The van der Waals surface area contributed by atoms with Gasteiger partial charge >= 0.3 is 6.18 Å². The molecule has 0 spiro atoms. The van der Waals surface area contributed by atoms with E-state index in [9.17, 15) is 13.2 Å². The first-order valence-electron chi connectivity index (χ1n) is 3.79. The molecule has 0 aliphatic rings. The van der Waals surface area contributed by atoms with Crippen molar-refractivity contribution in [3.05, 3.63) is 17.0 Å². The summed E-state index contributed by atoms with van der Waals surface area (Å²) in [6.45, 7) is 2.20. The van der Waals surface area contributed by atoms with E-state index in [1.165, 1.54) is 0 Å². The highest BCUT2D eigenvalue weighted by atomic mass is 35.5. The third-order valence-electron chi connectivity index (χ3n) is 1.35. The lowest BCUT2D eigenvalue weighted by atomic mass is 10.4. The highest BCUT2D eigenvalue weighted by molar-refractivity contribution is 6.28. The van der Waals surface area contributed by atoms with E-state index < -0.39 is 17.2 Å². The van der Waals surface area contributed by atoms with E-state index in [0.29, 0.717) is 6.54 Å². The molecule has 3 nitrogen and oxygen atoms in total. The Labute approximate surface area is 83.3 Å². The van der Waals surface area contributed by atoms with Crippen molar-refractivity contribution in [1.82, 2.24) is 9.97 Å². The molecule has 0 amide bonds. The van der Waals surface area contributed by atoms with Crippen LogP contribution in [0.25, 0.3) is 0 Å². The van der Waals surface area contributed by atoms with Gasteiger partial charge in [0, 0.05) is 12.6 Å². The maximum absolute atomic E-state index is 12.2. The Hall–Kier alpha value is -1.04. The number of aromatic nitrogens is 2. The van der Waals surface area contributed by atoms with Crippen LogP contribution >= 0.6 is 11.6 Å². The molecule has 0 aromatic carbocycles. The van der Waals surface area contributed by atoms with Crippen LogP contribution in [0.15, 0.2) is 6.07 Å². The molecule has 1 aromatic heterocycles. The number of alkyl halides is 3. The number of rotatable bonds is 2. The minimum Gasteiger partial charge on any atom is -0.370 e. The molecule has 0 aliphatic carbocycles. The SMILES string of the molecule is CCNc1cc(C(F)(F)F)nc(Cl)n1. The van der Waals surface area contributed by atoms with Gasteiger partial charge in [-0.05, 0) is 18.5 Å². The fourth-order valence-corrected chi connectivity index (χ4v) is 1.02. The quantitative estimate of drug-likeness (QED) is 0.786. The van der Waals surface area contributed by atoms with Crippen LogP contribution in [0.3, 0.4) is 0 Å². The van der Waals surface area contributed by atoms with Crippen molar-refractivity contribution < 1.29 is 13.2 Å². The van der Waals surface area contributed by atoms with Crippen LogP contribution in [0.2, 0.25) is 5.28 Å². The van der Waals surface area contributed by atoms with Gasteiger partial charge in [-0.3, -0.25) is 0 Å². The molecule has 0 unspecified atom stereocenters. The zero-order valence-electron chi connectivity index (χ0n) is 7.19. The maximum Gasteiger partial charge on any atom is 0.433 e. The van der Waals surface area contributed by atoms with E-state index >= 15 is 0 Å². The van der Waals surface area contributed by atoms with Gasteiger partial charge in [-0.1, -0.05) is 0 Å². The highest BCUT2D eigenvalue weighted by Gasteiger charge is 2.33. The Kier molecular flexibility index (Phi) is 3.15. The first-order valence-corrected chi connectivity index (χ1v) is 4.17. The molecule has 1 rings (SSSR count). The number of anilines is 1. The molecule has 0 saturated carbocycles. The Bertz CT molecular complexity index is 326. The second kappa shape index (κ2) is 4.00. The van der Waals surface area contributed by atoms with Gasteiger partial charge in [-0.15, -0.1) is 0 Å². The van der Waals surface area contributed by atoms with Crippen LogP contribution in [-0.4, -0.2) is 16.5 Å². The van der Waals surface area contributed by atoms with Gasteiger partial charge in [0.05, 0.1) is 0 Å². The largest absolute Gasteiger partial charge is 0.433 e. The summed E-state index contributed by atoms with van der Waals surface area (Å²) >= 11 is 5.33. The van der Waals surface area contributed by atoms with Crippen molar-refractivity contribution in [2.75, 3.05) is 11.9 Å². The predicted molar refractivity (Wildman–Crippen MR) is 46.2 cm³/mol. The van der Waals surface area contributed by atoms with Gasteiger partial charge in [0.15, 0.2) is 5.69 Å². The number of hydrogen-bond donors (Lipinski definition) is 1. The van der Waals surface area contributed by atoms with Crippen molar-refractivity contribution in [2.24, 2.45) is 0 Å². The summed E-state index contributed by atoms with van der Waals surface area (Å²) in [5.41, 5.74) is -1.05. The molecule has 0 fully saturated rings. The summed E-state index contributed by atoms with van der Waals surface area (Å²) in [6.07, 6.45) is -4.50. The zero-order chi connectivity index (χ0) is 10.8. The maximum atomic E-state index is 12.2. The molecule has 1 heterocycles. The van der Waals surface area contributed by atoms with E-state index in [2.05, 4.69) is 15.3 Å². The molecule has 0 aliphatic heterocycles. The summed E-state index contributed by atoms with van der Waals surface area (Å²) < 4.78 is 36.6. The molecular weight excluding hydrogens is 219 g/mol. The third-order valence-corrected chi connectivity index (χ3v) is 1.52. The number of halogens is 4. The van der Waals surface area contributed by atoms with E-state index in [4.69, 9.17) is 11.6 Å². The zero-order valence-corrected chi connectivity index (χ0v) is 7.95. The van der Waals surface area contributed by atoms with Crippen molar-refractivity contribution in [3.63, 3.8) is 0 Å². The summed E-state index contributed by atoms with van der Waals surface area (Å²) in [6, 6.07) is 0.815. The molecule has 14 heavy (non-hydrogen) atoms. The summed E-state index contributed by atoms with van der Waals surface area (Å²) in [5.74, 6) is 0.0693. The molecule has 78 valence electrons. The lowest BCUT2D eigenvalue weighted by Gasteiger charge is -2.08. The number of hydrogen-bond acceptors (Lipinski definition) is 3. The monoisotopic (exact) mass is 225 g/mol. The fourth-order valence-electron chi connectivity index (χ4n) is 0.835. The van der Waals surface area contributed by atoms with Gasteiger partial charge in [-0.2, -0.15) is 13.2 Å². The number of nitrogens with one attached hydrogen (secondary N) is 1. The molecule has 0 bridgehead atoms. The van der Waals surface area contributed by atoms with Crippen molar-refractivity contribution in [3.8, 4) is 0 Å². The molecule has 7 heteroatoms. The molecule has 0 radical (unpaired) electrons. The second-order valence-electron chi connectivity index (χ2n) is 2.44. The lowest BCUT2D eigenvalue weighted by molar-refractivity contribution is -0.141. The standard InChI is InChI=1S/C7H7ClF3N3/c1-2-12-5-3-4(7(9,10)11)13-6(8)14-5/h3H,2H2,1H3,(H,12,13,14). The Morgan fingerprint density at radius 3 is 2.57 bits per heavy atom. The van der Waals surface area contributed by atoms with Gasteiger partial charge in [0.2, 0.25) is 5.28 Å². The van der Waals surface area contributed by atoms with E-state index in [-0.39, 0.29) is 5.82 Å². The van der Waals surface area contributed by atoms with Gasteiger partial charge < -0.3 is 5.32 Å². The van der Waals surface area contributed by atoms with Crippen molar-refractivity contribution in [2.45, 2.75) is 13.1 Å². The third kappa shape index (κ3) is 2.73. The summed E-state index contributed by atoms with van der Waals surface area (Å²) in [5, 5.41) is 2.20. The highest BCUT2D eigenvalue weighted by Crippen LogP contribution is 2.29. The lowest BCUT2D eigenvalue weighted by Crippen LogP contribution is -2.10. The summed E-state index contributed by atoms with van der Waals surface area (Å²) in [4.78, 5) is 6.66. The second-order valence-corrected chi connectivity index (χ2v) is 2.77. The fraction of sp³-hybridized carbons (Fsp3) is 0.429. The molecule has 0 saturated heterocycles. The van der Waals surface area contributed by atoms with Crippen LogP contribution in [-0.2, 0) is 6.18 Å². The van der Waals surface area contributed by atoms with Crippen LogP contribution in [0.4, 0.5) is 19.0 Å². The van der Waals surface area contributed by atoms with Crippen molar-refractivity contribution in [1.29, 1.82) is 0 Å². The normalized spacial score (nSPS) is 11.5. The minimum absolute atomic E-state index is 0.0693. The average molecular weight is 226 g/mol. The van der Waals surface area contributed by atoms with E-state index in [1.807, 2.05) is 0 Å². The first kappa shape index (κ1) is 11.0.